The summed E-state index contributed by atoms with van der Waals surface area (Å²) in [5, 5.41) is 9.57. The Morgan fingerprint density at radius 1 is 1.32 bits per heavy atom. The van der Waals surface area contributed by atoms with Gasteiger partial charge in [0.2, 0.25) is 5.91 Å². The Kier molecular flexibility index (Phi) is 5.11. The molecule has 1 aromatic heterocycles. The number of amides is 1. The Morgan fingerprint density at radius 2 is 2.12 bits per heavy atom. The highest BCUT2D eigenvalue weighted by atomic mass is 19.1. The van der Waals surface area contributed by atoms with E-state index in [0.29, 0.717) is 19.5 Å². The van der Waals surface area contributed by atoms with Gasteiger partial charge in [0.15, 0.2) is 0 Å². The van der Waals surface area contributed by atoms with E-state index in [2.05, 4.69) is 4.98 Å². The molecule has 2 aromatic rings. The number of rotatable bonds is 6. The van der Waals surface area contributed by atoms with Crippen LogP contribution in [0.15, 0.2) is 43.0 Å². The highest BCUT2D eigenvalue weighted by Gasteiger charge is 2.41. The van der Waals surface area contributed by atoms with Crippen LogP contribution in [0.5, 0.6) is 0 Å². The average molecular weight is 345 g/mol. The lowest BCUT2D eigenvalue weighted by atomic mass is 9.84. The lowest BCUT2D eigenvalue weighted by Crippen LogP contribution is -2.46. The molecule has 0 aliphatic carbocycles. The van der Waals surface area contributed by atoms with E-state index in [1.165, 1.54) is 11.0 Å². The third-order valence-corrected chi connectivity index (χ3v) is 4.62. The lowest BCUT2D eigenvalue weighted by Gasteiger charge is -2.40. The second-order valence-electron chi connectivity index (χ2n) is 6.19. The number of aryl methyl sites for hydroxylation is 1. The lowest BCUT2D eigenvalue weighted by molar-refractivity contribution is -0.152. The Balaban J connectivity index is 1.84. The summed E-state index contributed by atoms with van der Waals surface area (Å²) >= 11 is 0. The van der Waals surface area contributed by atoms with Crippen LogP contribution in [0.25, 0.3) is 0 Å². The summed E-state index contributed by atoms with van der Waals surface area (Å²) in [4.78, 5) is 29.6. The van der Waals surface area contributed by atoms with E-state index in [1.54, 1.807) is 30.7 Å². The van der Waals surface area contributed by atoms with Crippen molar-refractivity contribution in [2.75, 3.05) is 6.54 Å². The third-order valence-electron chi connectivity index (χ3n) is 4.62. The van der Waals surface area contributed by atoms with Crippen molar-refractivity contribution < 1.29 is 19.1 Å². The minimum atomic E-state index is -1.000. The molecule has 6 nitrogen and oxygen atoms in total. The molecule has 1 saturated heterocycles. The summed E-state index contributed by atoms with van der Waals surface area (Å²) in [6, 6.07) is 5.32. The summed E-state index contributed by atoms with van der Waals surface area (Å²) in [6.45, 7) is 1.03. The predicted octanol–water partition coefficient (Wildman–Crippen LogP) is 2.48. The first-order chi connectivity index (χ1) is 12.1. The molecule has 1 N–H and O–H groups in total. The number of imidazole rings is 1. The van der Waals surface area contributed by atoms with E-state index in [4.69, 9.17) is 0 Å². The largest absolute Gasteiger partial charge is 0.481 e. The van der Waals surface area contributed by atoms with Crippen LogP contribution >= 0.6 is 0 Å². The number of carboxylic acid groups (broad SMARTS) is 1. The molecule has 3 rings (SSSR count). The van der Waals surface area contributed by atoms with E-state index in [9.17, 15) is 19.1 Å². The number of carbonyl (C=O) groups excluding carboxylic acids is 1. The van der Waals surface area contributed by atoms with E-state index in [-0.39, 0.29) is 24.3 Å². The molecule has 1 aliphatic heterocycles. The molecule has 7 heteroatoms. The fourth-order valence-electron chi connectivity index (χ4n) is 3.42. The molecule has 2 heterocycles. The van der Waals surface area contributed by atoms with Gasteiger partial charge >= 0.3 is 5.97 Å². The Morgan fingerprint density at radius 3 is 2.80 bits per heavy atom. The van der Waals surface area contributed by atoms with Crippen LogP contribution in [0.3, 0.4) is 0 Å². The van der Waals surface area contributed by atoms with E-state index < -0.39 is 23.7 Å². The van der Waals surface area contributed by atoms with Crippen LogP contribution in [0.4, 0.5) is 4.39 Å². The number of carbonyl (C=O) groups is 2. The van der Waals surface area contributed by atoms with Gasteiger partial charge in [-0.25, -0.2) is 9.37 Å². The topological polar surface area (TPSA) is 75.4 Å². The van der Waals surface area contributed by atoms with Crippen LogP contribution < -0.4 is 0 Å². The minimum absolute atomic E-state index is 0.128. The van der Waals surface area contributed by atoms with Gasteiger partial charge in [0.25, 0.3) is 0 Å². The monoisotopic (exact) mass is 345 g/mol. The number of benzene rings is 1. The number of aromatic nitrogens is 2. The maximum Gasteiger partial charge on any atom is 0.308 e. The maximum absolute atomic E-state index is 14.3. The van der Waals surface area contributed by atoms with Gasteiger partial charge in [0.05, 0.1) is 18.3 Å². The van der Waals surface area contributed by atoms with Gasteiger partial charge in [-0.15, -0.1) is 0 Å². The zero-order valence-electron chi connectivity index (χ0n) is 13.7. The van der Waals surface area contributed by atoms with Crippen LogP contribution in [0, 0.1) is 11.7 Å². The van der Waals surface area contributed by atoms with Gasteiger partial charge in [0, 0.05) is 37.5 Å². The van der Waals surface area contributed by atoms with Crippen LogP contribution in [-0.4, -0.2) is 38.0 Å². The fourth-order valence-corrected chi connectivity index (χ4v) is 3.42. The normalized spacial score (nSPS) is 20.7. The summed E-state index contributed by atoms with van der Waals surface area (Å²) in [5.41, 5.74) is 0.269. The molecule has 1 fully saturated rings. The second kappa shape index (κ2) is 7.46. The number of carboxylic acids is 1. The van der Waals surface area contributed by atoms with Crippen molar-refractivity contribution in [1.29, 1.82) is 0 Å². The molecule has 1 amide bonds. The molecule has 0 saturated carbocycles. The first-order valence-electron chi connectivity index (χ1n) is 8.30. The SMILES string of the molecule is O=C(O)[C@H]1CCC(=O)N(CCCn2ccnc2)[C@@H]1c1ccccc1F. The Labute approximate surface area is 144 Å². The van der Waals surface area contributed by atoms with E-state index in [0.717, 1.165) is 0 Å². The minimum Gasteiger partial charge on any atom is -0.481 e. The van der Waals surface area contributed by atoms with Crippen molar-refractivity contribution in [2.45, 2.75) is 31.8 Å². The summed E-state index contributed by atoms with van der Waals surface area (Å²) in [7, 11) is 0. The second-order valence-corrected chi connectivity index (χ2v) is 6.19. The van der Waals surface area contributed by atoms with E-state index >= 15 is 0 Å². The maximum atomic E-state index is 14.3. The van der Waals surface area contributed by atoms with Crippen LogP contribution in [0.2, 0.25) is 0 Å². The summed E-state index contributed by atoms with van der Waals surface area (Å²) in [5.74, 6) is -2.41. The third kappa shape index (κ3) is 3.70. The number of aliphatic carboxylic acids is 1. The quantitative estimate of drug-likeness (QED) is 0.873. The van der Waals surface area contributed by atoms with Gasteiger partial charge in [-0.1, -0.05) is 18.2 Å². The highest BCUT2D eigenvalue weighted by molar-refractivity contribution is 5.81. The Hall–Kier alpha value is -2.70. The number of piperidine rings is 1. The molecular formula is C18H20FN3O3. The number of halogens is 1. The number of nitrogens with zero attached hydrogens (tertiary/aromatic N) is 3. The van der Waals surface area contributed by atoms with Crippen LogP contribution in [-0.2, 0) is 16.1 Å². The number of hydrogen-bond acceptors (Lipinski definition) is 3. The molecule has 0 unspecified atom stereocenters. The van der Waals surface area contributed by atoms with Gasteiger partial charge in [-0.2, -0.15) is 0 Å². The van der Waals surface area contributed by atoms with Gasteiger partial charge < -0.3 is 14.6 Å². The van der Waals surface area contributed by atoms with Crippen molar-refractivity contribution in [3.05, 3.63) is 54.4 Å². The zero-order valence-corrected chi connectivity index (χ0v) is 13.7. The number of hydrogen-bond donors (Lipinski definition) is 1. The van der Waals surface area contributed by atoms with Gasteiger partial charge in [0.1, 0.15) is 5.82 Å². The number of likely N-dealkylation sites (tertiary alicyclic amines) is 1. The average Bonchev–Trinajstić information content (AvgIpc) is 3.10. The first kappa shape index (κ1) is 17.1. The van der Waals surface area contributed by atoms with Crippen molar-refractivity contribution in [3.8, 4) is 0 Å². The molecule has 25 heavy (non-hydrogen) atoms. The molecule has 1 aromatic carbocycles. The van der Waals surface area contributed by atoms with Crippen molar-refractivity contribution in [3.63, 3.8) is 0 Å². The molecule has 0 bridgehead atoms. The van der Waals surface area contributed by atoms with Crippen molar-refractivity contribution >= 4 is 11.9 Å². The van der Waals surface area contributed by atoms with Crippen molar-refractivity contribution in [2.24, 2.45) is 5.92 Å². The summed E-state index contributed by atoms with van der Waals surface area (Å²) < 4.78 is 16.2. The van der Waals surface area contributed by atoms with Crippen LogP contribution in [0.1, 0.15) is 30.9 Å². The molecule has 0 spiro atoms. The molecule has 132 valence electrons. The first-order valence-corrected chi connectivity index (χ1v) is 8.30. The molecule has 2 atom stereocenters. The molecule has 0 radical (unpaired) electrons. The molecular weight excluding hydrogens is 325 g/mol. The zero-order chi connectivity index (χ0) is 17.8. The smallest absolute Gasteiger partial charge is 0.308 e. The fraction of sp³-hybridized carbons (Fsp3) is 0.389. The van der Waals surface area contributed by atoms with Crippen molar-refractivity contribution in [1.82, 2.24) is 14.5 Å². The highest BCUT2D eigenvalue weighted by Crippen LogP contribution is 2.38. The van der Waals surface area contributed by atoms with Gasteiger partial charge in [-0.05, 0) is 18.9 Å². The predicted molar refractivity (Wildman–Crippen MR) is 88.1 cm³/mol. The standard InChI is InChI=1S/C18H20FN3O3/c19-15-5-2-1-4-13(15)17-14(18(24)25)6-7-16(23)22(17)10-3-9-21-11-8-20-12-21/h1-2,4-5,8,11-12,14,17H,3,6-7,9-10H2,(H,24,25)/t14-,17+/m0/s1. The molecule has 1 aliphatic rings. The van der Waals surface area contributed by atoms with Gasteiger partial charge in [-0.3, -0.25) is 9.59 Å². The summed E-state index contributed by atoms with van der Waals surface area (Å²) in [6.07, 6.45) is 6.23. The Bertz CT molecular complexity index is 748. The van der Waals surface area contributed by atoms with E-state index in [1.807, 2.05) is 10.8 Å².